The summed E-state index contributed by atoms with van der Waals surface area (Å²) in [4.78, 5) is 28.5. The Balaban J connectivity index is 1.51. The molecule has 5 nitrogen and oxygen atoms in total. The molecule has 2 aromatic carbocycles. The predicted octanol–water partition coefficient (Wildman–Crippen LogP) is 3.22. The average Bonchev–Trinajstić information content (AvgIpc) is 2.65. The van der Waals surface area contributed by atoms with E-state index in [0.717, 1.165) is 16.8 Å². The maximum Gasteiger partial charge on any atom is 0.321 e. The SMILES string of the molecule is Cc1ccc(CC(=O)N2CCN(C(=O)Nc3ccccc3)CC2)c(C)c1. The molecule has 1 aliphatic rings. The number of amides is 3. The molecule has 1 fully saturated rings. The molecule has 0 aliphatic carbocycles. The molecule has 0 aromatic heterocycles. The first-order valence-corrected chi connectivity index (χ1v) is 8.98. The molecule has 3 rings (SSSR count). The zero-order chi connectivity index (χ0) is 18.5. The van der Waals surface area contributed by atoms with Crippen LogP contribution in [0, 0.1) is 13.8 Å². The first kappa shape index (κ1) is 18.0. The van der Waals surface area contributed by atoms with Gasteiger partial charge in [-0.2, -0.15) is 0 Å². The Morgan fingerprint density at radius 2 is 1.58 bits per heavy atom. The first-order valence-electron chi connectivity index (χ1n) is 8.98. The Bertz CT molecular complexity index is 781. The van der Waals surface area contributed by atoms with Crippen LogP contribution in [0.25, 0.3) is 0 Å². The molecule has 1 aliphatic heterocycles. The van der Waals surface area contributed by atoms with E-state index in [1.165, 1.54) is 5.56 Å². The number of rotatable bonds is 3. The minimum absolute atomic E-state index is 0.113. The molecule has 0 bridgehead atoms. The topological polar surface area (TPSA) is 52.7 Å². The number of anilines is 1. The Kier molecular flexibility index (Phi) is 5.56. The van der Waals surface area contributed by atoms with Gasteiger partial charge in [0.25, 0.3) is 0 Å². The van der Waals surface area contributed by atoms with Gasteiger partial charge in [-0.1, -0.05) is 42.0 Å². The molecular formula is C21H25N3O2. The fourth-order valence-corrected chi connectivity index (χ4v) is 3.20. The van der Waals surface area contributed by atoms with E-state index < -0.39 is 0 Å². The largest absolute Gasteiger partial charge is 0.339 e. The molecule has 0 saturated carbocycles. The van der Waals surface area contributed by atoms with Crippen LogP contribution in [-0.4, -0.2) is 47.9 Å². The highest BCUT2D eigenvalue weighted by Crippen LogP contribution is 2.14. The van der Waals surface area contributed by atoms with Crippen LogP contribution in [0.4, 0.5) is 10.5 Å². The average molecular weight is 351 g/mol. The summed E-state index contributed by atoms with van der Waals surface area (Å²) in [6, 6.07) is 15.5. The maximum atomic E-state index is 12.6. The van der Waals surface area contributed by atoms with E-state index in [1.807, 2.05) is 54.3 Å². The molecule has 1 saturated heterocycles. The van der Waals surface area contributed by atoms with Crippen molar-refractivity contribution in [2.75, 3.05) is 31.5 Å². The smallest absolute Gasteiger partial charge is 0.321 e. The summed E-state index contributed by atoms with van der Waals surface area (Å²) in [5.41, 5.74) is 4.21. The summed E-state index contributed by atoms with van der Waals surface area (Å²) in [5, 5.41) is 2.89. The van der Waals surface area contributed by atoms with E-state index in [-0.39, 0.29) is 11.9 Å². The highest BCUT2D eigenvalue weighted by molar-refractivity contribution is 5.89. The monoisotopic (exact) mass is 351 g/mol. The number of benzene rings is 2. The number of aryl methyl sites for hydroxylation is 2. The minimum atomic E-state index is -0.113. The molecule has 136 valence electrons. The van der Waals surface area contributed by atoms with Gasteiger partial charge in [0.1, 0.15) is 0 Å². The van der Waals surface area contributed by atoms with Gasteiger partial charge in [-0.25, -0.2) is 4.79 Å². The Labute approximate surface area is 154 Å². The van der Waals surface area contributed by atoms with Crippen LogP contribution in [0.5, 0.6) is 0 Å². The number of nitrogens with one attached hydrogen (secondary N) is 1. The third-order valence-corrected chi connectivity index (χ3v) is 4.78. The van der Waals surface area contributed by atoms with Crippen molar-refractivity contribution in [1.29, 1.82) is 0 Å². The first-order chi connectivity index (χ1) is 12.5. The number of para-hydroxylation sites is 1. The lowest BCUT2D eigenvalue weighted by atomic mass is 10.0. The highest BCUT2D eigenvalue weighted by atomic mass is 16.2. The summed E-state index contributed by atoms with van der Waals surface area (Å²) in [6.45, 7) is 6.35. The van der Waals surface area contributed by atoms with Crippen molar-refractivity contribution in [2.24, 2.45) is 0 Å². The molecular weight excluding hydrogens is 326 g/mol. The third-order valence-electron chi connectivity index (χ3n) is 4.78. The van der Waals surface area contributed by atoms with Crippen LogP contribution in [0.15, 0.2) is 48.5 Å². The third kappa shape index (κ3) is 4.42. The van der Waals surface area contributed by atoms with E-state index in [4.69, 9.17) is 0 Å². The predicted molar refractivity (Wildman–Crippen MR) is 103 cm³/mol. The van der Waals surface area contributed by atoms with Crippen LogP contribution in [-0.2, 0) is 11.2 Å². The lowest BCUT2D eigenvalue weighted by Crippen LogP contribution is -2.52. The second-order valence-electron chi connectivity index (χ2n) is 6.77. The molecule has 1 N–H and O–H groups in total. The normalized spacial score (nSPS) is 14.2. The lowest BCUT2D eigenvalue weighted by Gasteiger charge is -2.35. The quantitative estimate of drug-likeness (QED) is 0.923. The van der Waals surface area contributed by atoms with Crippen LogP contribution in [0.3, 0.4) is 0 Å². The van der Waals surface area contributed by atoms with E-state index >= 15 is 0 Å². The van der Waals surface area contributed by atoms with Gasteiger partial charge in [0.05, 0.1) is 6.42 Å². The van der Waals surface area contributed by atoms with Crippen LogP contribution < -0.4 is 5.32 Å². The van der Waals surface area contributed by atoms with Crippen molar-refractivity contribution >= 4 is 17.6 Å². The summed E-state index contributed by atoms with van der Waals surface area (Å²) < 4.78 is 0. The Morgan fingerprint density at radius 3 is 2.23 bits per heavy atom. The number of hydrogen-bond acceptors (Lipinski definition) is 2. The molecule has 2 aromatic rings. The van der Waals surface area contributed by atoms with Crippen LogP contribution in [0.2, 0.25) is 0 Å². The van der Waals surface area contributed by atoms with Gasteiger partial charge < -0.3 is 15.1 Å². The van der Waals surface area contributed by atoms with Gasteiger partial charge in [0.2, 0.25) is 5.91 Å². The zero-order valence-corrected chi connectivity index (χ0v) is 15.4. The molecule has 3 amide bonds. The van der Waals surface area contributed by atoms with E-state index in [9.17, 15) is 9.59 Å². The van der Waals surface area contributed by atoms with Gasteiger partial charge in [-0.05, 0) is 37.1 Å². The Hall–Kier alpha value is -2.82. The molecule has 0 unspecified atom stereocenters. The van der Waals surface area contributed by atoms with E-state index in [0.29, 0.717) is 32.6 Å². The van der Waals surface area contributed by atoms with E-state index in [1.54, 1.807) is 4.90 Å². The fourth-order valence-electron chi connectivity index (χ4n) is 3.20. The standard InChI is InChI=1S/C21H25N3O2/c1-16-8-9-18(17(2)14-16)15-20(25)23-10-12-24(13-11-23)21(26)22-19-6-4-3-5-7-19/h3-9,14H,10-13,15H2,1-2H3,(H,22,26). The number of nitrogens with zero attached hydrogens (tertiary/aromatic N) is 2. The lowest BCUT2D eigenvalue weighted by molar-refractivity contribution is -0.131. The van der Waals surface area contributed by atoms with Gasteiger partial charge in [-0.15, -0.1) is 0 Å². The maximum absolute atomic E-state index is 12.6. The second-order valence-corrected chi connectivity index (χ2v) is 6.77. The number of piperazine rings is 1. The van der Waals surface area contributed by atoms with Crippen molar-refractivity contribution in [2.45, 2.75) is 20.3 Å². The summed E-state index contributed by atoms with van der Waals surface area (Å²) >= 11 is 0. The van der Waals surface area contributed by atoms with E-state index in [2.05, 4.69) is 18.3 Å². The van der Waals surface area contributed by atoms with Crippen molar-refractivity contribution < 1.29 is 9.59 Å². The van der Waals surface area contributed by atoms with Gasteiger partial charge in [0, 0.05) is 31.9 Å². The van der Waals surface area contributed by atoms with Crippen molar-refractivity contribution in [3.63, 3.8) is 0 Å². The molecule has 1 heterocycles. The van der Waals surface area contributed by atoms with Crippen LogP contribution >= 0.6 is 0 Å². The molecule has 0 radical (unpaired) electrons. The molecule has 5 heteroatoms. The molecule has 0 atom stereocenters. The minimum Gasteiger partial charge on any atom is -0.339 e. The summed E-state index contributed by atoms with van der Waals surface area (Å²) in [7, 11) is 0. The second kappa shape index (κ2) is 8.04. The fraction of sp³-hybridized carbons (Fsp3) is 0.333. The van der Waals surface area contributed by atoms with Crippen molar-refractivity contribution in [1.82, 2.24) is 9.80 Å². The summed E-state index contributed by atoms with van der Waals surface area (Å²) in [5.74, 6) is 0.125. The van der Waals surface area contributed by atoms with Crippen molar-refractivity contribution in [3.8, 4) is 0 Å². The number of carbonyl (C=O) groups excluding carboxylic acids is 2. The molecule has 26 heavy (non-hydrogen) atoms. The highest BCUT2D eigenvalue weighted by Gasteiger charge is 2.24. The van der Waals surface area contributed by atoms with Crippen molar-refractivity contribution in [3.05, 3.63) is 65.2 Å². The summed E-state index contributed by atoms with van der Waals surface area (Å²) in [6.07, 6.45) is 0.419. The zero-order valence-electron chi connectivity index (χ0n) is 15.4. The number of carbonyl (C=O) groups is 2. The number of urea groups is 1. The van der Waals surface area contributed by atoms with Gasteiger partial charge >= 0.3 is 6.03 Å². The van der Waals surface area contributed by atoms with Gasteiger partial charge in [0.15, 0.2) is 0 Å². The molecule has 0 spiro atoms. The Morgan fingerprint density at radius 1 is 0.923 bits per heavy atom. The van der Waals surface area contributed by atoms with Crippen LogP contribution in [0.1, 0.15) is 16.7 Å². The number of hydrogen-bond donors (Lipinski definition) is 1. The van der Waals surface area contributed by atoms with Gasteiger partial charge in [-0.3, -0.25) is 4.79 Å².